The number of rotatable bonds is 5. The fourth-order valence-corrected chi connectivity index (χ4v) is 1.65. The van der Waals surface area contributed by atoms with Crippen molar-refractivity contribution in [3.63, 3.8) is 0 Å². The number of nitrogen functional groups attached to an aromatic ring is 1. The number of carbonyl (C=O) groups is 1. The van der Waals surface area contributed by atoms with Crippen molar-refractivity contribution in [1.29, 1.82) is 0 Å². The van der Waals surface area contributed by atoms with Gasteiger partial charge < -0.3 is 16.8 Å². The Morgan fingerprint density at radius 1 is 1.47 bits per heavy atom. The topological polar surface area (TPSA) is 110 Å². The van der Waals surface area contributed by atoms with E-state index in [1.54, 1.807) is 6.20 Å². The normalized spacial score (nSPS) is 10.6. The van der Waals surface area contributed by atoms with Gasteiger partial charge in [0.2, 0.25) is 5.91 Å². The molecule has 0 saturated carbocycles. The summed E-state index contributed by atoms with van der Waals surface area (Å²) in [6.07, 6.45) is 2.79. The summed E-state index contributed by atoms with van der Waals surface area (Å²) in [4.78, 5) is 10.6. The fraction of sp³-hybridized carbons (Fsp3) is 0.273. The van der Waals surface area contributed by atoms with Gasteiger partial charge in [-0.05, 0) is 18.6 Å². The van der Waals surface area contributed by atoms with Crippen LogP contribution in [0.25, 0.3) is 10.9 Å². The summed E-state index contributed by atoms with van der Waals surface area (Å²) in [5.74, 6) is -0.288. The van der Waals surface area contributed by atoms with Crippen molar-refractivity contribution in [3.8, 4) is 0 Å². The molecule has 0 bridgehead atoms. The summed E-state index contributed by atoms with van der Waals surface area (Å²) in [5.41, 5.74) is 13.4. The van der Waals surface area contributed by atoms with Gasteiger partial charge in [-0.15, -0.1) is 0 Å². The van der Waals surface area contributed by atoms with Crippen LogP contribution in [0.4, 0.5) is 11.4 Å². The van der Waals surface area contributed by atoms with Gasteiger partial charge in [-0.25, -0.2) is 0 Å². The van der Waals surface area contributed by atoms with Crippen molar-refractivity contribution in [2.24, 2.45) is 5.73 Å². The lowest BCUT2D eigenvalue weighted by molar-refractivity contribution is -0.118. The minimum absolute atomic E-state index is 0.288. The van der Waals surface area contributed by atoms with Crippen molar-refractivity contribution >= 4 is 28.2 Å². The number of anilines is 2. The first kappa shape index (κ1) is 11.3. The molecule has 0 aliphatic heterocycles. The van der Waals surface area contributed by atoms with Crippen molar-refractivity contribution in [1.82, 2.24) is 10.2 Å². The van der Waals surface area contributed by atoms with Crippen LogP contribution >= 0.6 is 0 Å². The second kappa shape index (κ2) is 4.73. The average molecular weight is 233 g/mol. The Morgan fingerprint density at radius 2 is 2.29 bits per heavy atom. The third-order valence-corrected chi connectivity index (χ3v) is 2.53. The Morgan fingerprint density at radius 3 is 3.06 bits per heavy atom. The molecular formula is C11H15N5O. The number of carbonyl (C=O) groups excluding carboxylic acids is 1. The van der Waals surface area contributed by atoms with Gasteiger partial charge in [0.05, 0.1) is 23.1 Å². The zero-order valence-electron chi connectivity index (χ0n) is 9.36. The van der Waals surface area contributed by atoms with Crippen molar-refractivity contribution in [3.05, 3.63) is 18.3 Å². The molecule has 0 spiro atoms. The Bertz CT molecular complexity index is 534. The molecule has 1 heterocycles. The van der Waals surface area contributed by atoms with Gasteiger partial charge in [-0.2, -0.15) is 5.10 Å². The van der Waals surface area contributed by atoms with E-state index in [0.717, 1.165) is 16.6 Å². The predicted octanol–water partition coefficient (Wildman–Crippen LogP) is 0.822. The molecule has 0 radical (unpaired) electrons. The number of nitrogens with zero attached hydrogens (tertiary/aromatic N) is 1. The van der Waals surface area contributed by atoms with Crippen LogP contribution in [-0.2, 0) is 4.79 Å². The van der Waals surface area contributed by atoms with Crippen LogP contribution in [0.1, 0.15) is 12.8 Å². The fourth-order valence-electron chi connectivity index (χ4n) is 1.65. The van der Waals surface area contributed by atoms with Gasteiger partial charge >= 0.3 is 0 Å². The number of hydrogen-bond acceptors (Lipinski definition) is 4. The smallest absolute Gasteiger partial charge is 0.217 e. The predicted molar refractivity (Wildman–Crippen MR) is 67.4 cm³/mol. The zero-order chi connectivity index (χ0) is 12.3. The Hall–Kier alpha value is -2.24. The molecule has 1 aromatic heterocycles. The van der Waals surface area contributed by atoms with E-state index in [-0.39, 0.29) is 5.91 Å². The highest BCUT2D eigenvalue weighted by molar-refractivity contribution is 5.88. The Labute approximate surface area is 98.4 Å². The maximum absolute atomic E-state index is 10.6. The van der Waals surface area contributed by atoms with Gasteiger partial charge in [-0.1, -0.05) is 0 Å². The van der Waals surface area contributed by atoms with Crippen LogP contribution in [0.3, 0.4) is 0 Å². The highest BCUT2D eigenvalue weighted by Gasteiger charge is 2.03. The van der Waals surface area contributed by atoms with E-state index in [0.29, 0.717) is 25.1 Å². The summed E-state index contributed by atoms with van der Waals surface area (Å²) in [6, 6.07) is 3.76. The molecule has 2 aromatic rings. The van der Waals surface area contributed by atoms with E-state index in [9.17, 15) is 4.79 Å². The van der Waals surface area contributed by atoms with E-state index >= 15 is 0 Å². The third kappa shape index (κ3) is 2.66. The average Bonchev–Trinajstić information content (AvgIpc) is 2.71. The monoisotopic (exact) mass is 233 g/mol. The second-order valence-electron chi connectivity index (χ2n) is 3.89. The third-order valence-electron chi connectivity index (χ3n) is 2.53. The van der Waals surface area contributed by atoms with Gasteiger partial charge in [0.15, 0.2) is 0 Å². The van der Waals surface area contributed by atoms with Crippen LogP contribution < -0.4 is 16.8 Å². The maximum atomic E-state index is 10.6. The lowest BCUT2D eigenvalue weighted by Crippen LogP contribution is -2.13. The highest BCUT2D eigenvalue weighted by atomic mass is 16.1. The molecule has 0 fully saturated rings. The summed E-state index contributed by atoms with van der Waals surface area (Å²) >= 11 is 0. The molecule has 6 N–H and O–H groups in total. The molecule has 90 valence electrons. The largest absolute Gasteiger partial charge is 0.397 e. The molecule has 1 amide bonds. The Kier molecular flexibility index (Phi) is 3.13. The van der Waals surface area contributed by atoms with E-state index in [4.69, 9.17) is 11.5 Å². The summed E-state index contributed by atoms with van der Waals surface area (Å²) in [7, 11) is 0. The van der Waals surface area contributed by atoms with Crippen molar-refractivity contribution < 1.29 is 4.79 Å². The summed E-state index contributed by atoms with van der Waals surface area (Å²) < 4.78 is 0. The quantitative estimate of drug-likeness (QED) is 0.452. The highest BCUT2D eigenvalue weighted by Crippen LogP contribution is 2.24. The number of fused-ring (bicyclic) bond motifs is 1. The molecule has 17 heavy (non-hydrogen) atoms. The van der Waals surface area contributed by atoms with Gasteiger partial charge in [0, 0.05) is 18.4 Å². The molecule has 0 aliphatic rings. The number of nitrogens with two attached hydrogens (primary N) is 2. The minimum Gasteiger partial charge on any atom is -0.397 e. The lowest BCUT2D eigenvalue weighted by Gasteiger charge is -2.08. The van der Waals surface area contributed by atoms with E-state index in [1.165, 1.54) is 0 Å². The van der Waals surface area contributed by atoms with Gasteiger partial charge in [-0.3, -0.25) is 9.89 Å². The number of aromatic nitrogens is 2. The van der Waals surface area contributed by atoms with E-state index < -0.39 is 0 Å². The van der Waals surface area contributed by atoms with Crippen LogP contribution in [-0.4, -0.2) is 22.6 Å². The van der Waals surface area contributed by atoms with Gasteiger partial charge in [0.1, 0.15) is 0 Å². The molecule has 6 heteroatoms. The first-order valence-electron chi connectivity index (χ1n) is 5.41. The first-order chi connectivity index (χ1) is 8.16. The number of aromatic amines is 1. The number of hydrogen-bond donors (Lipinski definition) is 4. The second-order valence-corrected chi connectivity index (χ2v) is 3.89. The van der Waals surface area contributed by atoms with Crippen LogP contribution in [0.2, 0.25) is 0 Å². The number of H-pyrrole nitrogens is 1. The summed E-state index contributed by atoms with van der Waals surface area (Å²) in [5, 5.41) is 11.0. The standard InChI is InChI=1S/C11H15N5O/c12-8-4-7-6-15-16-9(7)5-10(8)14-3-1-2-11(13)17/h4-6,14H,1-3,12H2,(H2,13,17)(H,15,16). The number of benzene rings is 1. The molecule has 6 nitrogen and oxygen atoms in total. The van der Waals surface area contributed by atoms with E-state index in [2.05, 4.69) is 15.5 Å². The van der Waals surface area contributed by atoms with E-state index in [1.807, 2.05) is 12.1 Å². The Balaban J connectivity index is 2.02. The molecule has 0 aliphatic carbocycles. The van der Waals surface area contributed by atoms with Crippen LogP contribution in [0.15, 0.2) is 18.3 Å². The van der Waals surface area contributed by atoms with Crippen molar-refractivity contribution in [2.75, 3.05) is 17.6 Å². The van der Waals surface area contributed by atoms with Crippen LogP contribution in [0, 0.1) is 0 Å². The molecule has 0 atom stereocenters. The molecule has 0 unspecified atom stereocenters. The zero-order valence-corrected chi connectivity index (χ0v) is 9.36. The number of amides is 1. The van der Waals surface area contributed by atoms with Crippen LogP contribution in [0.5, 0.6) is 0 Å². The first-order valence-corrected chi connectivity index (χ1v) is 5.41. The molecule has 0 saturated heterocycles. The molecular weight excluding hydrogens is 218 g/mol. The molecule has 1 aromatic carbocycles. The summed E-state index contributed by atoms with van der Waals surface area (Å²) in [6.45, 7) is 0.660. The van der Waals surface area contributed by atoms with Gasteiger partial charge in [0.25, 0.3) is 0 Å². The lowest BCUT2D eigenvalue weighted by atomic mass is 10.2. The number of primary amides is 1. The number of nitrogens with one attached hydrogen (secondary N) is 2. The minimum atomic E-state index is -0.288. The SMILES string of the molecule is NC(=O)CCCNc1cc2[nH]ncc2cc1N. The maximum Gasteiger partial charge on any atom is 0.217 e. The van der Waals surface area contributed by atoms with Crippen molar-refractivity contribution in [2.45, 2.75) is 12.8 Å². The molecule has 2 rings (SSSR count).